The van der Waals surface area contributed by atoms with Gasteiger partial charge in [0.2, 0.25) is 5.16 Å². The van der Waals surface area contributed by atoms with Crippen LogP contribution in [0.15, 0.2) is 41.8 Å². The van der Waals surface area contributed by atoms with E-state index in [9.17, 15) is 0 Å². The molecule has 0 fully saturated rings. The Morgan fingerprint density at radius 2 is 1.88 bits per heavy atom. The first-order valence-corrected chi connectivity index (χ1v) is 9.35. The summed E-state index contributed by atoms with van der Waals surface area (Å²) in [6.45, 7) is 6.65. The first-order valence-electron chi connectivity index (χ1n) is 8.36. The summed E-state index contributed by atoms with van der Waals surface area (Å²) in [5.74, 6) is 9.37. The molecular weight excluding hydrogens is 348 g/mol. The largest absolute Gasteiger partial charge is 0.486 e. The van der Waals surface area contributed by atoms with Crippen molar-refractivity contribution < 1.29 is 4.74 Å². The van der Waals surface area contributed by atoms with Crippen LogP contribution >= 0.6 is 11.8 Å². The van der Waals surface area contributed by atoms with Gasteiger partial charge in [-0.1, -0.05) is 44.7 Å². The molecule has 0 aliphatic rings. The summed E-state index contributed by atoms with van der Waals surface area (Å²) in [6, 6.07) is 8.02. The molecule has 3 rings (SSSR count). The molecule has 8 heteroatoms. The molecule has 1 aromatic carbocycles. The maximum Gasteiger partial charge on any atom is 0.210 e. The number of hydrogen-bond donors (Lipinski definition) is 1. The topological polar surface area (TPSA) is 83.8 Å². The molecule has 26 heavy (non-hydrogen) atoms. The van der Waals surface area contributed by atoms with Gasteiger partial charge in [-0.3, -0.25) is 0 Å². The van der Waals surface area contributed by atoms with Crippen LogP contribution in [0.5, 0.6) is 5.75 Å². The van der Waals surface area contributed by atoms with E-state index in [1.54, 1.807) is 22.6 Å². The van der Waals surface area contributed by atoms with Crippen LogP contribution in [0.25, 0.3) is 0 Å². The van der Waals surface area contributed by atoms with Crippen LogP contribution in [0.4, 0.5) is 0 Å². The Hall–Kier alpha value is -2.48. The van der Waals surface area contributed by atoms with Crippen molar-refractivity contribution in [2.45, 2.75) is 43.7 Å². The van der Waals surface area contributed by atoms with Crippen molar-refractivity contribution in [2.24, 2.45) is 7.05 Å². The van der Waals surface area contributed by atoms with Gasteiger partial charge in [0.05, 0.1) is 0 Å². The van der Waals surface area contributed by atoms with E-state index in [0.717, 1.165) is 23.2 Å². The highest BCUT2D eigenvalue weighted by Crippen LogP contribution is 2.26. The number of ether oxygens (including phenoxy) is 1. The van der Waals surface area contributed by atoms with Gasteiger partial charge in [-0.25, -0.2) is 9.66 Å². The van der Waals surface area contributed by atoms with E-state index in [0.29, 0.717) is 11.8 Å². The van der Waals surface area contributed by atoms with E-state index in [1.807, 2.05) is 42.1 Å². The van der Waals surface area contributed by atoms with Gasteiger partial charge in [0.1, 0.15) is 18.2 Å². The third-order valence-corrected chi connectivity index (χ3v) is 4.93. The maximum atomic E-state index is 6.12. The first-order chi connectivity index (χ1) is 12.3. The molecule has 0 saturated heterocycles. The second kappa shape index (κ2) is 7.41. The van der Waals surface area contributed by atoms with Crippen LogP contribution in [0, 0.1) is 0 Å². The monoisotopic (exact) mass is 372 g/mol. The third kappa shape index (κ3) is 4.19. The Bertz CT molecular complexity index is 863. The van der Waals surface area contributed by atoms with E-state index in [4.69, 9.17) is 10.6 Å². The predicted molar refractivity (Wildman–Crippen MR) is 102 cm³/mol. The van der Waals surface area contributed by atoms with Crippen molar-refractivity contribution in [2.75, 3.05) is 5.84 Å². The molecule has 3 aromatic rings. The van der Waals surface area contributed by atoms with Crippen molar-refractivity contribution in [3.8, 4) is 5.75 Å². The molecule has 2 heterocycles. The highest BCUT2D eigenvalue weighted by atomic mass is 32.2. The molecule has 2 aromatic heterocycles. The lowest BCUT2D eigenvalue weighted by Gasteiger charge is -2.16. The minimum Gasteiger partial charge on any atom is -0.486 e. The second-order valence-electron chi connectivity index (χ2n) is 7.10. The normalized spacial score (nSPS) is 11.7. The lowest BCUT2D eigenvalue weighted by Crippen LogP contribution is -2.24. The van der Waals surface area contributed by atoms with E-state index >= 15 is 0 Å². The molecule has 0 bridgehead atoms. The van der Waals surface area contributed by atoms with Gasteiger partial charge in [0, 0.05) is 30.6 Å². The van der Waals surface area contributed by atoms with Crippen LogP contribution < -0.4 is 10.6 Å². The minimum absolute atomic E-state index is 0.132. The van der Waals surface area contributed by atoms with Crippen molar-refractivity contribution in [1.29, 1.82) is 0 Å². The van der Waals surface area contributed by atoms with Crippen LogP contribution in [0.1, 0.15) is 38.0 Å². The summed E-state index contributed by atoms with van der Waals surface area (Å²) in [6.07, 6.45) is 3.67. The van der Waals surface area contributed by atoms with Crippen LogP contribution in [-0.4, -0.2) is 24.4 Å². The molecule has 0 unspecified atom stereocenters. The molecular formula is C18H24N6OS. The Morgan fingerprint density at radius 1 is 1.15 bits per heavy atom. The molecule has 2 N–H and O–H groups in total. The third-order valence-electron chi connectivity index (χ3n) is 3.92. The fraction of sp³-hybridized carbons (Fsp3) is 0.389. The van der Waals surface area contributed by atoms with E-state index in [2.05, 4.69) is 36.0 Å². The van der Waals surface area contributed by atoms with Gasteiger partial charge in [0.25, 0.3) is 0 Å². The van der Waals surface area contributed by atoms with Crippen molar-refractivity contribution in [3.05, 3.63) is 53.9 Å². The zero-order valence-electron chi connectivity index (χ0n) is 15.5. The fourth-order valence-electron chi connectivity index (χ4n) is 2.40. The molecule has 0 aliphatic heterocycles. The number of nitrogens with two attached hydrogens (primary N) is 1. The summed E-state index contributed by atoms with van der Waals surface area (Å²) < 4.78 is 9.29. The SMILES string of the molecule is Cn1ccnc1COc1ccc(CSc2nnc(C(C)(C)C)n2N)cc1. The van der Waals surface area contributed by atoms with Gasteiger partial charge < -0.3 is 15.1 Å². The lowest BCUT2D eigenvalue weighted by atomic mass is 9.96. The Labute approximate surface area is 157 Å². The summed E-state index contributed by atoms with van der Waals surface area (Å²) >= 11 is 1.57. The highest BCUT2D eigenvalue weighted by molar-refractivity contribution is 7.98. The number of rotatable bonds is 6. The minimum atomic E-state index is -0.132. The summed E-state index contributed by atoms with van der Waals surface area (Å²) in [5.41, 5.74) is 1.03. The van der Waals surface area contributed by atoms with Crippen molar-refractivity contribution in [3.63, 3.8) is 0 Å². The molecule has 138 valence electrons. The molecule has 0 spiro atoms. The number of hydrogen-bond acceptors (Lipinski definition) is 6. The molecule has 0 atom stereocenters. The standard InChI is InChI=1S/C18H24N6OS/c1-18(2,3)16-21-22-17(24(16)19)26-12-13-5-7-14(8-6-13)25-11-15-20-9-10-23(15)4/h5-10H,11-12,19H2,1-4H3. The quantitative estimate of drug-likeness (QED) is 0.529. The lowest BCUT2D eigenvalue weighted by molar-refractivity contribution is 0.292. The number of nitrogens with zero attached hydrogens (tertiary/aromatic N) is 5. The molecule has 0 radical (unpaired) electrons. The Kier molecular flexibility index (Phi) is 5.22. The average molecular weight is 372 g/mol. The smallest absolute Gasteiger partial charge is 0.210 e. The van der Waals surface area contributed by atoms with Crippen LogP contribution in [-0.2, 0) is 24.8 Å². The number of benzene rings is 1. The van der Waals surface area contributed by atoms with Gasteiger partial charge in [-0.2, -0.15) is 0 Å². The Morgan fingerprint density at radius 3 is 2.46 bits per heavy atom. The van der Waals surface area contributed by atoms with Gasteiger partial charge in [-0.15, -0.1) is 10.2 Å². The van der Waals surface area contributed by atoms with Crippen LogP contribution in [0.3, 0.4) is 0 Å². The first kappa shape index (κ1) is 18.3. The Balaban J connectivity index is 1.56. The molecule has 0 amide bonds. The number of thioether (sulfide) groups is 1. The van der Waals surface area contributed by atoms with Gasteiger partial charge >= 0.3 is 0 Å². The van der Waals surface area contributed by atoms with Crippen molar-refractivity contribution >= 4 is 11.8 Å². The van der Waals surface area contributed by atoms with Gasteiger partial charge in [0.15, 0.2) is 5.82 Å². The maximum absolute atomic E-state index is 6.12. The van der Waals surface area contributed by atoms with E-state index in [1.165, 1.54) is 5.56 Å². The molecule has 0 aliphatic carbocycles. The number of aryl methyl sites for hydroxylation is 1. The molecule has 7 nitrogen and oxygen atoms in total. The number of nitrogen functional groups attached to an aromatic ring is 1. The van der Waals surface area contributed by atoms with Gasteiger partial charge in [-0.05, 0) is 17.7 Å². The number of aromatic nitrogens is 5. The average Bonchev–Trinajstić information content (AvgIpc) is 3.17. The van der Waals surface area contributed by atoms with Crippen LogP contribution in [0.2, 0.25) is 0 Å². The summed E-state index contributed by atoms with van der Waals surface area (Å²) in [7, 11) is 1.95. The fourth-order valence-corrected chi connectivity index (χ4v) is 3.21. The zero-order valence-corrected chi connectivity index (χ0v) is 16.3. The highest BCUT2D eigenvalue weighted by Gasteiger charge is 2.22. The van der Waals surface area contributed by atoms with E-state index in [-0.39, 0.29) is 5.41 Å². The van der Waals surface area contributed by atoms with Crippen molar-refractivity contribution in [1.82, 2.24) is 24.4 Å². The predicted octanol–water partition coefficient (Wildman–Crippen LogP) is 2.89. The second-order valence-corrected chi connectivity index (χ2v) is 8.04. The summed E-state index contributed by atoms with van der Waals surface area (Å²) in [4.78, 5) is 4.25. The van der Waals surface area contributed by atoms with E-state index < -0.39 is 0 Å². The number of imidazole rings is 1. The summed E-state index contributed by atoms with van der Waals surface area (Å²) in [5, 5.41) is 9.12. The zero-order chi connectivity index (χ0) is 18.7. The molecule has 0 saturated carbocycles.